The summed E-state index contributed by atoms with van der Waals surface area (Å²) in [6.45, 7) is 6.70. The zero-order chi connectivity index (χ0) is 25.6. The molecule has 182 valence electrons. The van der Waals surface area contributed by atoms with E-state index in [2.05, 4.69) is 63.2 Å². The van der Waals surface area contributed by atoms with Crippen LogP contribution in [0.25, 0.3) is 0 Å². The lowest BCUT2D eigenvalue weighted by Gasteiger charge is -2.19. The summed E-state index contributed by atoms with van der Waals surface area (Å²) in [7, 11) is 0. The maximum absolute atomic E-state index is 12.3. The van der Waals surface area contributed by atoms with Crippen molar-refractivity contribution in [2.75, 3.05) is 0 Å². The Labute approximate surface area is 221 Å². The molecule has 0 aromatic heterocycles. The summed E-state index contributed by atoms with van der Waals surface area (Å²) in [6.07, 6.45) is 1.79. The van der Waals surface area contributed by atoms with Gasteiger partial charge in [0.15, 0.2) is 0 Å². The van der Waals surface area contributed by atoms with E-state index in [-0.39, 0.29) is 30.0 Å². The van der Waals surface area contributed by atoms with E-state index in [4.69, 9.17) is 4.74 Å². The number of hydrogen-bond donors (Lipinski definition) is 1. The molecule has 0 radical (unpaired) electrons. The number of nitrogens with zero attached hydrogens (tertiary/aromatic N) is 2. The molecule has 0 saturated carbocycles. The molecule has 0 atom stereocenters. The number of rotatable bonds is 8. The van der Waals surface area contributed by atoms with E-state index in [0.29, 0.717) is 14.7 Å². The SMILES string of the molecule is CC(C)(C)c1ccc(CC(=O)N/N=C\c2cc(Br)c(OCc3ccc([N+](=O)[O-])cc3)c(Br)c2)cc1. The van der Waals surface area contributed by atoms with E-state index in [0.717, 1.165) is 16.7 Å². The first-order valence-corrected chi connectivity index (χ1v) is 12.4. The van der Waals surface area contributed by atoms with E-state index < -0.39 is 4.92 Å². The number of amides is 1. The molecule has 0 unspecified atom stereocenters. The molecule has 0 saturated heterocycles. The van der Waals surface area contributed by atoms with Gasteiger partial charge in [-0.05, 0) is 83.8 Å². The summed E-state index contributed by atoms with van der Waals surface area (Å²) in [5, 5.41) is 14.8. The molecule has 0 bridgehead atoms. The first-order chi connectivity index (χ1) is 16.5. The first-order valence-electron chi connectivity index (χ1n) is 10.8. The number of nitrogens with one attached hydrogen (secondary N) is 1. The zero-order valence-corrected chi connectivity index (χ0v) is 22.7. The standard InChI is InChI=1S/C26H25Br2N3O4/c1-26(2,3)20-8-4-17(5-9-20)14-24(32)30-29-15-19-12-22(27)25(23(28)13-19)35-16-18-6-10-21(11-7-18)31(33)34/h4-13,15H,14,16H2,1-3H3,(H,30,32)/b29-15-. The Hall–Kier alpha value is -3.04. The molecule has 35 heavy (non-hydrogen) atoms. The summed E-state index contributed by atoms with van der Waals surface area (Å²) in [6, 6.07) is 17.9. The van der Waals surface area contributed by atoms with Crippen LogP contribution in [0.5, 0.6) is 5.75 Å². The maximum atomic E-state index is 12.3. The molecule has 0 spiro atoms. The average Bonchev–Trinajstić information content (AvgIpc) is 2.78. The van der Waals surface area contributed by atoms with Crippen LogP contribution in [0.1, 0.15) is 43.0 Å². The van der Waals surface area contributed by atoms with Gasteiger partial charge < -0.3 is 4.74 Å². The molecule has 0 heterocycles. The van der Waals surface area contributed by atoms with Crippen molar-refractivity contribution in [3.8, 4) is 5.75 Å². The number of carbonyl (C=O) groups is 1. The van der Waals surface area contributed by atoms with Gasteiger partial charge in [0.05, 0.1) is 26.5 Å². The number of hydrazone groups is 1. The molecule has 3 aromatic carbocycles. The fourth-order valence-corrected chi connectivity index (χ4v) is 4.64. The maximum Gasteiger partial charge on any atom is 0.269 e. The largest absolute Gasteiger partial charge is 0.487 e. The second-order valence-electron chi connectivity index (χ2n) is 8.94. The molecule has 0 fully saturated rings. The molecule has 3 rings (SSSR count). The lowest BCUT2D eigenvalue weighted by atomic mass is 9.86. The van der Waals surface area contributed by atoms with Gasteiger partial charge >= 0.3 is 0 Å². The minimum atomic E-state index is -0.440. The summed E-state index contributed by atoms with van der Waals surface area (Å²) < 4.78 is 7.26. The average molecular weight is 603 g/mol. The van der Waals surface area contributed by atoms with Crippen LogP contribution in [-0.2, 0) is 23.2 Å². The lowest BCUT2D eigenvalue weighted by Crippen LogP contribution is -2.20. The predicted molar refractivity (Wildman–Crippen MR) is 144 cm³/mol. The van der Waals surface area contributed by atoms with Gasteiger partial charge in [-0.25, -0.2) is 5.43 Å². The highest BCUT2D eigenvalue weighted by molar-refractivity contribution is 9.11. The third-order valence-electron chi connectivity index (χ3n) is 5.14. The lowest BCUT2D eigenvalue weighted by molar-refractivity contribution is -0.384. The van der Waals surface area contributed by atoms with E-state index >= 15 is 0 Å². The minimum Gasteiger partial charge on any atom is -0.487 e. The Morgan fingerprint density at radius 2 is 1.60 bits per heavy atom. The van der Waals surface area contributed by atoms with Crippen LogP contribution < -0.4 is 10.2 Å². The van der Waals surface area contributed by atoms with Crippen LogP contribution in [0.4, 0.5) is 5.69 Å². The second-order valence-corrected chi connectivity index (χ2v) is 10.7. The topological polar surface area (TPSA) is 93.8 Å². The second kappa shape index (κ2) is 11.6. The van der Waals surface area contributed by atoms with Crippen molar-refractivity contribution in [1.29, 1.82) is 0 Å². The number of benzene rings is 3. The monoisotopic (exact) mass is 601 g/mol. The number of ether oxygens (including phenoxy) is 1. The molecule has 1 amide bonds. The van der Waals surface area contributed by atoms with Crippen molar-refractivity contribution >= 4 is 49.7 Å². The summed E-state index contributed by atoms with van der Waals surface area (Å²) in [5.74, 6) is 0.384. The predicted octanol–water partition coefficient (Wildman–Crippen LogP) is 6.69. The van der Waals surface area contributed by atoms with E-state index in [1.807, 2.05) is 36.4 Å². The van der Waals surface area contributed by atoms with Crippen molar-refractivity contribution in [3.05, 3.63) is 102 Å². The van der Waals surface area contributed by atoms with Crippen LogP contribution in [0.3, 0.4) is 0 Å². The van der Waals surface area contributed by atoms with E-state index in [1.54, 1.807) is 18.3 Å². The van der Waals surface area contributed by atoms with Crippen LogP contribution in [-0.4, -0.2) is 17.0 Å². The molecular formula is C26H25Br2N3O4. The first kappa shape index (κ1) is 26.6. The quantitative estimate of drug-likeness (QED) is 0.177. The van der Waals surface area contributed by atoms with Crippen molar-refractivity contribution in [2.24, 2.45) is 5.10 Å². The number of hydrogen-bond acceptors (Lipinski definition) is 5. The molecule has 0 aliphatic rings. The van der Waals surface area contributed by atoms with Crippen molar-refractivity contribution in [2.45, 2.75) is 39.2 Å². The van der Waals surface area contributed by atoms with Gasteiger partial charge in [-0.2, -0.15) is 5.10 Å². The smallest absolute Gasteiger partial charge is 0.269 e. The van der Waals surface area contributed by atoms with Crippen molar-refractivity contribution in [1.82, 2.24) is 5.43 Å². The van der Waals surface area contributed by atoms with Gasteiger partial charge in [0.25, 0.3) is 5.69 Å². The number of non-ortho nitro benzene ring substituents is 1. The van der Waals surface area contributed by atoms with E-state index in [9.17, 15) is 14.9 Å². The van der Waals surface area contributed by atoms with Crippen molar-refractivity contribution < 1.29 is 14.5 Å². The molecule has 0 aliphatic carbocycles. The van der Waals surface area contributed by atoms with Crippen LogP contribution in [0.15, 0.2) is 74.7 Å². The Morgan fingerprint density at radius 3 is 2.14 bits per heavy atom. The highest BCUT2D eigenvalue weighted by atomic mass is 79.9. The Kier molecular flexibility index (Phi) is 8.80. The van der Waals surface area contributed by atoms with E-state index in [1.165, 1.54) is 17.7 Å². The third kappa shape index (κ3) is 7.73. The van der Waals surface area contributed by atoms with Gasteiger partial charge in [-0.1, -0.05) is 45.0 Å². The Bertz CT molecular complexity index is 1210. The summed E-state index contributed by atoms with van der Waals surface area (Å²) in [4.78, 5) is 22.6. The summed E-state index contributed by atoms with van der Waals surface area (Å²) >= 11 is 6.99. The van der Waals surface area contributed by atoms with Gasteiger partial charge in [-0.3, -0.25) is 14.9 Å². The highest BCUT2D eigenvalue weighted by Crippen LogP contribution is 2.35. The highest BCUT2D eigenvalue weighted by Gasteiger charge is 2.13. The third-order valence-corrected chi connectivity index (χ3v) is 6.32. The molecule has 1 N–H and O–H groups in total. The molecular weight excluding hydrogens is 578 g/mol. The van der Waals surface area contributed by atoms with Crippen LogP contribution in [0, 0.1) is 10.1 Å². The molecule has 7 nitrogen and oxygen atoms in total. The summed E-state index contributed by atoms with van der Waals surface area (Å²) in [5.41, 5.74) is 6.35. The number of nitro groups is 1. The number of nitro benzene ring substituents is 1. The van der Waals surface area contributed by atoms with Gasteiger partial charge in [-0.15, -0.1) is 0 Å². The van der Waals surface area contributed by atoms with Gasteiger partial charge in [0.1, 0.15) is 12.4 Å². The fraction of sp³-hybridized carbons (Fsp3) is 0.231. The number of halogens is 2. The molecule has 3 aromatic rings. The Balaban J connectivity index is 1.56. The number of carbonyl (C=O) groups excluding carboxylic acids is 1. The van der Waals surface area contributed by atoms with Gasteiger partial charge in [0, 0.05) is 12.1 Å². The fourth-order valence-electron chi connectivity index (χ4n) is 3.19. The van der Waals surface area contributed by atoms with Gasteiger partial charge in [0.2, 0.25) is 5.91 Å². The molecule has 9 heteroatoms. The zero-order valence-electron chi connectivity index (χ0n) is 19.5. The van der Waals surface area contributed by atoms with Crippen LogP contribution >= 0.6 is 31.9 Å². The Morgan fingerprint density at radius 1 is 1.03 bits per heavy atom. The van der Waals surface area contributed by atoms with Crippen LogP contribution in [0.2, 0.25) is 0 Å². The normalized spacial score (nSPS) is 11.5. The van der Waals surface area contributed by atoms with Crippen molar-refractivity contribution in [3.63, 3.8) is 0 Å². The minimum absolute atomic E-state index is 0.0327. The molecule has 0 aliphatic heterocycles.